The number of carbonyl (C=O) groups excluding carboxylic acids is 1. The van der Waals surface area contributed by atoms with Gasteiger partial charge in [0.15, 0.2) is 0 Å². The summed E-state index contributed by atoms with van der Waals surface area (Å²) in [7, 11) is 0. The molecule has 0 spiro atoms. The van der Waals surface area contributed by atoms with E-state index in [-0.39, 0.29) is 11.7 Å². The number of benzene rings is 1. The highest BCUT2D eigenvalue weighted by atomic mass is 35.5. The summed E-state index contributed by atoms with van der Waals surface area (Å²) >= 11 is 5.98. The number of amides is 1. The van der Waals surface area contributed by atoms with Gasteiger partial charge in [-0.2, -0.15) is 0 Å². The van der Waals surface area contributed by atoms with Crippen LogP contribution < -0.4 is 5.32 Å². The number of carbonyl (C=O) groups is 1. The van der Waals surface area contributed by atoms with Crippen molar-refractivity contribution in [2.45, 2.75) is 6.42 Å². The van der Waals surface area contributed by atoms with Crippen LogP contribution in [0.25, 0.3) is 0 Å². The van der Waals surface area contributed by atoms with E-state index in [9.17, 15) is 9.90 Å². The Labute approximate surface area is 105 Å². The first-order valence-corrected chi connectivity index (χ1v) is 6.05. The summed E-state index contributed by atoms with van der Waals surface area (Å²) in [6, 6.07) is 4.44. The number of rotatable bonds is 1. The molecule has 0 aromatic heterocycles. The zero-order chi connectivity index (χ0) is 12.3. The van der Waals surface area contributed by atoms with Crippen LogP contribution in [0.2, 0.25) is 5.02 Å². The molecule has 0 unspecified atom stereocenters. The molecule has 4 nitrogen and oxygen atoms in total. The number of hydrogen-bond acceptors (Lipinski definition) is 3. The molecule has 1 saturated heterocycles. The maximum atomic E-state index is 12.2. The molecule has 2 rings (SSSR count). The number of phenolic OH excluding ortho intramolecular Hbond substituents is 1. The van der Waals surface area contributed by atoms with Crippen LogP contribution in [0.4, 0.5) is 0 Å². The van der Waals surface area contributed by atoms with E-state index in [1.54, 1.807) is 11.0 Å². The molecule has 0 atom stereocenters. The molecular formula is C12H15ClN2O2. The number of phenols is 1. The second-order valence-corrected chi connectivity index (χ2v) is 4.47. The number of hydrogen-bond donors (Lipinski definition) is 2. The van der Waals surface area contributed by atoms with Crippen molar-refractivity contribution in [2.75, 3.05) is 26.2 Å². The third-order valence-electron chi connectivity index (χ3n) is 2.81. The van der Waals surface area contributed by atoms with Crippen molar-refractivity contribution in [2.24, 2.45) is 0 Å². The fourth-order valence-corrected chi connectivity index (χ4v) is 2.09. The maximum Gasteiger partial charge on any atom is 0.255 e. The number of halogens is 1. The molecule has 17 heavy (non-hydrogen) atoms. The largest absolute Gasteiger partial charge is 0.508 e. The van der Waals surface area contributed by atoms with Crippen LogP contribution in [0.1, 0.15) is 16.8 Å². The Hall–Kier alpha value is -1.26. The van der Waals surface area contributed by atoms with Crippen molar-refractivity contribution in [1.29, 1.82) is 0 Å². The van der Waals surface area contributed by atoms with Gasteiger partial charge in [-0.3, -0.25) is 4.79 Å². The van der Waals surface area contributed by atoms with Crippen LogP contribution in [-0.2, 0) is 0 Å². The Kier molecular flexibility index (Phi) is 3.86. The first kappa shape index (κ1) is 12.2. The van der Waals surface area contributed by atoms with Gasteiger partial charge >= 0.3 is 0 Å². The van der Waals surface area contributed by atoms with Crippen molar-refractivity contribution in [3.05, 3.63) is 28.8 Å². The summed E-state index contributed by atoms with van der Waals surface area (Å²) in [6.07, 6.45) is 0.933. The zero-order valence-corrected chi connectivity index (χ0v) is 10.2. The van der Waals surface area contributed by atoms with Crippen molar-refractivity contribution < 1.29 is 9.90 Å². The Morgan fingerprint density at radius 3 is 3.00 bits per heavy atom. The van der Waals surface area contributed by atoms with Gasteiger partial charge in [0.1, 0.15) is 5.75 Å². The molecule has 1 aromatic carbocycles. The van der Waals surface area contributed by atoms with E-state index in [1.165, 1.54) is 12.1 Å². The van der Waals surface area contributed by atoms with Crippen LogP contribution in [0.3, 0.4) is 0 Å². The summed E-state index contributed by atoms with van der Waals surface area (Å²) in [5.41, 5.74) is 0.369. The smallest absolute Gasteiger partial charge is 0.255 e. The lowest BCUT2D eigenvalue weighted by molar-refractivity contribution is 0.0766. The summed E-state index contributed by atoms with van der Waals surface area (Å²) < 4.78 is 0. The first-order valence-electron chi connectivity index (χ1n) is 5.67. The molecule has 0 aliphatic carbocycles. The Morgan fingerprint density at radius 2 is 2.18 bits per heavy atom. The first-order chi connectivity index (χ1) is 8.18. The third kappa shape index (κ3) is 2.90. The highest BCUT2D eigenvalue weighted by molar-refractivity contribution is 6.33. The Balaban J connectivity index is 2.20. The van der Waals surface area contributed by atoms with Gasteiger partial charge in [-0.05, 0) is 31.2 Å². The van der Waals surface area contributed by atoms with Gasteiger partial charge in [0.25, 0.3) is 5.91 Å². The lowest BCUT2D eigenvalue weighted by Crippen LogP contribution is -2.34. The molecular weight excluding hydrogens is 240 g/mol. The van der Waals surface area contributed by atoms with Gasteiger partial charge in [-0.25, -0.2) is 0 Å². The second-order valence-electron chi connectivity index (χ2n) is 4.06. The molecule has 0 saturated carbocycles. The number of aromatic hydroxyl groups is 1. The molecule has 1 fully saturated rings. The van der Waals surface area contributed by atoms with Gasteiger partial charge in [-0.15, -0.1) is 0 Å². The van der Waals surface area contributed by atoms with E-state index in [0.717, 1.165) is 26.1 Å². The van der Waals surface area contributed by atoms with Crippen LogP contribution in [-0.4, -0.2) is 42.1 Å². The minimum atomic E-state index is -0.116. The van der Waals surface area contributed by atoms with Crippen molar-refractivity contribution in [3.63, 3.8) is 0 Å². The molecule has 1 aromatic rings. The SMILES string of the molecule is O=C(c1cc(O)ccc1Cl)N1CCCNCC1. The predicted octanol–water partition coefficient (Wildman–Crippen LogP) is 1.48. The fourth-order valence-electron chi connectivity index (χ4n) is 1.90. The fraction of sp³-hybridized carbons (Fsp3) is 0.417. The quantitative estimate of drug-likeness (QED) is 0.798. The summed E-state index contributed by atoms with van der Waals surface area (Å²) in [6.45, 7) is 3.11. The van der Waals surface area contributed by atoms with E-state index < -0.39 is 0 Å². The standard InChI is InChI=1S/C12H15ClN2O2/c13-11-3-2-9(16)8-10(11)12(17)15-6-1-4-14-5-7-15/h2-3,8,14,16H,1,4-7H2. The topological polar surface area (TPSA) is 52.6 Å². The second kappa shape index (κ2) is 5.38. The molecule has 0 bridgehead atoms. The summed E-state index contributed by atoms with van der Waals surface area (Å²) in [4.78, 5) is 14.0. The third-order valence-corrected chi connectivity index (χ3v) is 3.14. The highest BCUT2D eigenvalue weighted by Crippen LogP contribution is 2.22. The van der Waals surface area contributed by atoms with Crippen molar-refractivity contribution in [3.8, 4) is 5.75 Å². The average Bonchev–Trinajstić information content (AvgIpc) is 2.60. The molecule has 5 heteroatoms. The van der Waals surface area contributed by atoms with Gasteiger partial charge in [0.05, 0.1) is 10.6 Å². The van der Waals surface area contributed by atoms with Crippen molar-refractivity contribution in [1.82, 2.24) is 10.2 Å². The molecule has 0 radical (unpaired) electrons. The van der Waals surface area contributed by atoms with E-state index in [0.29, 0.717) is 17.1 Å². The van der Waals surface area contributed by atoms with Crippen LogP contribution in [0.5, 0.6) is 5.75 Å². The van der Waals surface area contributed by atoms with E-state index in [4.69, 9.17) is 11.6 Å². The lowest BCUT2D eigenvalue weighted by Gasteiger charge is -2.20. The molecule has 2 N–H and O–H groups in total. The van der Waals surface area contributed by atoms with Gasteiger partial charge in [0.2, 0.25) is 0 Å². The molecule has 92 valence electrons. The van der Waals surface area contributed by atoms with Crippen LogP contribution in [0, 0.1) is 0 Å². The van der Waals surface area contributed by atoms with E-state index in [2.05, 4.69) is 5.32 Å². The lowest BCUT2D eigenvalue weighted by atomic mass is 10.2. The van der Waals surface area contributed by atoms with E-state index >= 15 is 0 Å². The van der Waals surface area contributed by atoms with Crippen LogP contribution >= 0.6 is 11.6 Å². The van der Waals surface area contributed by atoms with Gasteiger partial charge in [0, 0.05) is 19.6 Å². The molecule has 1 aliphatic heterocycles. The summed E-state index contributed by atoms with van der Waals surface area (Å²) in [5.74, 6) is -0.0553. The number of nitrogens with zero attached hydrogens (tertiary/aromatic N) is 1. The van der Waals surface area contributed by atoms with E-state index in [1.807, 2.05) is 0 Å². The highest BCUT2D eigenvalue weighted by Gasteiger charge is 2.19. The minimum absolute atomic E-state index is 0.0608. The number of nitrogens with one attached hydrogen (secondary N) is 1. The monoisotopic (exact) mass is 254 g/mol. The summed E-state index contributed by atoms with van der Waals surface area (Å²) in [5, 5.41) is 13.0. The minimum Gasteiger partial charge on any atom is -0.508 e. The predicted molar refractivity (Wildman–Crippen MR) is 66.5 cm³/mol. The zero-order valence-electron chi connectivity index (χ0n) is 9.45. The Morgan fingerprint density at radius 1 is 1.35 bits per heavy atom. The normalized spacial score (nSPS) is 16.6. The van der Waals surface area contributed by atoms with Gasteiger partial charge in [-0.1, -0.05) is 11.6 Å². The Bertz CT molecular complexity index is 415. The average molecular weight is 255 g/mol. The molecule has 1 heterocycles. The maximum absolute atomic E-state index is 12.2. The molecule has 1 amide bonds. The van der Waals surface area contributed by atoms with Crippen molar-refractivity contribution >= 4 is 17.5 Å². The van der Waals surface area contributed by atoms with Gasteiger partial charge < -0.3 is 15.3 Å². The molecule has 1 aliphatic rings. The van der Waals surface area contributed by atoms with Crippen LogP contribution in [0.15, 0.2) is 18.2 Å².